The molecular formula is C47H52Cl3N7O2. The Morgan fingerprint density at radius 1 is 0.559 bits per heavy atom. The van der Waals surface area contributed by atoms with Crippen molar-refractivity contribution in [3.05, 3.63) is 182 Å². The molecule has 2 aliphatic carbocycles. The van der Waals surface area contributed by atoms with Crippen LogP contribution in [0.4, 0.5) is 5.69 Å². The van der Waals surface area contributed by atoms with Gasteiger partial charge in [-0.1, -0.05) is 135 Å². The number of benzene rings is 4. The number of hydrogen-bond donors (Lipinski definition) is 3. The van der Waals surface area contributed by atoms with Crippen molar-refractivity contribution in [3.63, 3.8) is 0 Å². The quantitative estimate of drug-likeness (QED) is 0.0815. The number of para-hydroxylation sites is 1. The number of nitrogens with two attached hydrogens (primary N) is 3. The molecule has 0 unspecified atom stereocenters. The van der Waals surface area contributed by atoms with Gasteiger partial charge in [-0.3, -0.25) is 9.59 Å². The lowest BCUT2D eigenvalue weighted by molar-refractivity contribution is -0.121. The van der Waals surface area contributed by atoms with Crippen LogP contribution in [0, 0.1) is 0 Å². The molecule has 2 aromatic heterocycles. The Bertz CT molecular complexity index is 2320. The summed E-state index contributed by atoms with van der Waals surface area (Å²) in [4.78, 5) is 40.8. The van der Waals surface area contributed by atoms with Crippen LogP contribution in [0.5, 0.6) is 0 Å². The monoisotopic (exact) mass is 851 g/mol. The maximum Gasteiger partial charge on any atom is 0.228 e. The average molecular weight is 853 g/mol. The molecule has 2 aliphatic rings. The number of carbonyl (C=O) groups is 2. The van der Waals surface area contributed by atoms with Crippen molar-refractivity contribution >= 4 is 52.3 Å². The van der Waals surface area contributed by atoms with Crippen LogP contribution >= 0.6 is 34.8 Å². The first-order valence-corrected chi connectivity index (χ1v) is 19.9. The van der Waals surface area contributed by atoms with E-state index in [1.807, 2.05) is 91.0 Å². The number of nitrogen functional groups attached to an aromatic ring is 1. The fraction of sp³-hybridized carbons (Fsp3) is 0.277. The SMILES string of the molecule is C.C.NC(=O)C1(c2ccccc2CCc2nc(Cc3ccccc3)ncc2Cl)CC1.NC(=O)C1(c2ccccc2CCc2nc(Cl)ncc2Cl)CC1.Nc1ccccc1. The van der Waals surface area contributed by atoms with Gasteiger partial charge in [0.1, 0.15) is 5.82 Å². The molecule has 12 heteroatoms. The molecule has 9 nitrogen and oxygen atoms in total. The highest BCUT2D eigenvalue weighted by Gasteiger charge is 2.51. The Balaban J connectivity index is 0.000000221. The van der Waals surface area contributed by atoms with Crippen LogP contribution in [-0.4, -0.2) is 31.8 Å². The highest BCUT2D eigenvalue weighted by molar-refractivity contribution is 6.32. The van der Waals surface area contributed by atoms with Crippen LogP contribution in [0.25, 0.3) is 0 Å². The van der Waals surface area contributed by atoms with E-state index < -0.39 is 10.8 Å². The zero-order valence-corrected chi connectivity index (χ0v) is 33.7. The standard InChI is InChI=1S/C23H22ClN3O.C16H15Cl2N3O.C6H7N.2CH4/c24-19-15-26-21(14-16-6-2-1-3-7-16)27-20(19)11-10-17-8-4-5-9-18(17)23(12-13-23)22(25)28;17-12-9-20-15(18)21-13(12)6-5-10-3-1-2-4-11(10)16(7-8-16)14(19)22;7-6-4-2-1-3-5-6;;/h1-9,15H,10-14H2,(H2,25,28);1-4,9H,5-8H2,(H2,19,22);1-5H,7H2;2*1H4. The van der Waals surface area contributed by atoms with Crippen molar-refractivity contribution in [3.8, 4) is 0 Å². The summed E-state index contributed by atoms with van der Waals surface area (Å²) in [5.41, 5.74) is 23.5. The molecule has 0 bridgehead atoms. The van der Waals surface area contributed by atoms with Crippen molar-refractivity contribution < 1.29 is 9.59 Å². The molecule has 2 fully saturated rings. The predicted molar refractivity (Wildman–Crippen MR) is 241 cm³/mol. The first kappa shape index (κ1) is 46.3. The molecule has 2 amide bonds. The largest absolute Gasteiger partial charge is 0.399 e. The molecule has 0 atom stereocenters. The van der Waals surface area contributed by atoms with E-state index in [9.17, 15) is 9.59 Å². The van der Waals surface area contributed by atoms with Gasteiger partial charge in [-0.05, 0) is 103 Å². The van der Waals surface area contributed by atoms with Crippen molar-refractivity contribution in [2.75, 3.05) is 5.73 Å². The van der Waals surface area contributed by atoms with E-state index in [0.29, 0.717) is 35.0 Å². The number of aromatic nitrogens is 4. The lowest BCUT2D eigenvalue weighted by Gasteiger charge is -2.16. The molecule has 59 heavy (non-hydrogen) atoms. The highest BCUT2D eigenvalue weighted by Crippen LogP contribution is 2.50. The maximum absolute atomic E-state index is 12.0. The summed E-state index contributed by atoms with van der Waals surface area (Å²) < 4.78 is 0. The minimum atomic E-state index is -0.482. The summed E-state index contributed by atoms with van der Waals surface area (Å²) in [6.07, 6.45) is 9.95. The first-order chi connectivity index (χ1) is 27.5. The molecule has 8 rings (SSSR count). The molecule has 6 N–H and O–H groups in total. The average Bonchev–Trinajstić information content (AvgIpc) is 4.16. The smallest absolute Gasteiger partial charge is 0.228 e. The number of anilines is 1. The van der Waals surface area contributed by atoms with Crippen LogP contribution in [-0.2, 0) is 52.5 Å². The lowest BCUT2D eigenvalue weighted by atomic mass is 9.88. The fourth-order valence-electron chi connectivity index (χ4n) is 6.95. The zero-order valence-electron chi connectivity index (χ0n) is 31.4. The number of rotatable bonds is 12. The third-order valence-corrected chi connectivity index (χ3v) is 11.2. The summed E-state index contributed by atoms with van der Waals surface area (Å²) in [6, 6.07) is 35.6. The Morgan fingerprint density at radius 2 is 0.983 bits per heavy atom. The molecule has 308 valence electrons. The first-order valence-electron chi connectivity index (χ1n) is 18.8. The van der Waals surface area contributed by atoms with Gasteiger partial charge in [0, 0.05) is 18.3 Å². The number of halogens is 3. The normalized spacial score (nSPS) is 13.7. The van der Waals surface area contributed by atoms with Crippen molar-refractivity contribution in [1.82, 2.24) is 19.9 Å². The van der Waals surface area contributed by atoms with Gasteiger partial charge in [0.2, 0.25) is 17.1 Å². The molecule has 0 aliphatic heterocycles. The van der Waals surface area contributed by atoms with Crippen molar-refractivity contribution in [2.24, 2.45) is 11.5 Å². The van der Waals surface area contributed by atoms with E-state index in [0.717, 1.165) is 78.0 Å². The van der Waals surface area contributed by atoms with Gasteiger partial charge in [0.15, 0.2) is 0 Å². The van der Waals surface area contributed by atoms with Gasteiger partial charge in [-0.2, -0.15) is 0 Å². The van der Waals surface area contributed by atoms with E-state index in [1.165, 1.54) is 11.8 Å². The number of primary amides is 2. The van der Waals surface area contributed by atoms with Gasteiger partial charge in [-0.15, -0.1) is 0 Å². The summed E-state index contributed by atoms with van der Waals surface area (Å²) >= 11 is 18.3. The summed E-state index contributed by atoms with van der Waals surface area (Å²) in [6.45, 7) is 0. The van der Waals surface area contributed by atoms with Gasteiger partial charge in [0.25, 0.3) is 0 Å². The Labute approximate surface area is 362 Å². The van der Waals surface area contributed by atoms with E-state index in [4.69, 9.17) is 57.0 Å². The number of amides is 2. The van der Waals surface area contributed by atoms with Gasteiger partial charge >= 0.3 is 0 Å². The summed E-state index contributed by atoms with van der Waals surface area (Å²) in [5.74, 6) is 0.280. The summed E-state index contributed by atoms with van der Waals surface area (Å²) in [5, 5.41) is 1.26. The molecule has 0 radical (unpaired) electrons. The Hall–Kier alpha value is -5.35. The molecule has 2 heterocycles. The molecule has 0 saturated heterocycles. The zero-order chi connectivity index (χ0) is 40.4. The maximum atomic E-state index is 12.0. The molecule has 0 spiro atoms. The second kappa shape index (κ2) is 21.1. The van der Waals surface area contributed by atoms with Crippen LogP contribution in [0.15, 0.2) is 122 Å². The van der Waals surface area contributed by atoms with Crippen molar-refractivity contribution in [2.45, 2.75) is 83.5 Å². The second-order valence-corrected chi connectivity index (χ2v) is 15.4. The fourth-order valence-corrected chi connectivity index (χ4v) is 7.47. The molecule has 4 aromatic carbocycles. The van der Waals surface area contributed by atoms with Crippen LogP contribution < -0.4 is 17.2 Å². The number of hydrogen-bond acceptors (Lipinski definition) is 7. The Morgan fingerprint density at radius 3 is 1.42 bits per heavy atom. The number of aryl methyl sites for hydroxylation is 4. The van der Waals surface area contributed by atoms with Gasteiger partial charge in [0.05, 0.1) is 38.5 Å². The third-order valence-electron chi connectivity index (χ3n) is 10.4. The predicted octanol–water partition coefficient (Wildman–Crippen LogP) is 9.65. The van der Waals surface area contributed by atoms with Crippen LogP contribution in [0.3, 0.4) is 0 Å². The topological polar surface area (TPSA) is 164 Å². The highest BCUT2D eigenvalue weighted by atomic mass is 35.5. The minimum absolute atomic E-state index is 0. The number of carbonyl (C=O) groups excluding carboxylic acids is 2. The van der Waals surface area contributed by atoms with Crippen LogP contribution in [0.2, 0.25) is 15.3 Å². The third kappa shape index (κ3) is 11.9. The van der Waals surface area contributed by atoms with Gasteiger partial charge in [-0.25, -0.2) is 19.9 Å². The van der Waals surface area contributed by atoms with E-state index in [1.54, 1.807) is 6.20 Å². The van der Waals surface area contributed by atoms with E-state index in [2.05, 4.69) is 33.2 Å². The van der Waals surface area contributed by atoms with Crippen LogP contribution in [0.1, 0.15) is 85.6 Å². The lowest BCUT2D eigenvalue weighted by Crippen LogP contribution is -2.29. The number of nitrogens with zero attached hydrogens (tertiary/aromatic N) is 4. The van der Waals surface area contributed by atoms with Crippen molar-refractivity contribution in [1.29, 1.82) is 0 Å². The van der Waals surface area contributed by atoms with Gasteiger partial charge < -0.3 is 17.2 Å². The molecule has 6 aromatic rings. The van der Waals surface area contributed by atoms with E-state index >= 15 is 0 Å². The second-order valence-electron chi connectivity index (χ2n) is 14.3. The Kier molecular flexibility index (Phi) is 16.5. The molecule has 2 saturated carbocycles. The minimum Gasteiger partial charge on any atom is -0.399 e. The summed E-state index contributed by atoms with van der Waals surface area (Å²) in [7, 11) is 0. The van der Waals surface area contributed by atoms with E-state index in [-0.39, 0.29) is 32.0 Å². The molecular weight excluding hydrogens is 801 g/mol.